The topological polar surface area (TPSA) is 55.8 Å². The number of ether oxygens (including phenoxy) is 2. The molecule has 0 aliphatic heterocycles. The van der Waals surface area contributed by atoms with Crippen molar-refractivity contribution < 1.29 is 23.8 Å². The second kappa shape index (κ2) is 16.5. The zero-order valence-corrected chi connectivity index (χ0v) is 21.8. The second-order valence-electron chi connectivity index (χ2n) is 8.99. The number of hydrogen-bond donors (Lipinski definition) is 1. The first-order valence-corrected chi connectivity index (χ1v) is 13.3. The predicted octanol–water partition coefficient (Wildman–Crippen LogP) is 8.31. The first-order chi connectivity index (χ1) is 17.0. The maximum atomic E-state index is 14.0. The third-order valence-electron chi connectivity index (χ3n) is 6.09. The van der Waals surface area contributed by atoms with Crippen LogP contribution in [0.1, 0.15) is 82.0 Å². The summed E-state index contributed by atoms with van der Waals surface area (Å²) in [5.41, 5.74) is 1.79. The van der Waals surface area contributed by atoms with Gasteiger partial charge in [-0.15, -0.1) is 11.6 Å². The molecule has 1 N–H and O–H groups in total. The number of carboxylic acid groups (broad SMARTS) is 1. The number of carbonyl (C=O) groups is 1. The van der Waals surface area contributed by atoms with Crippen LogP contribution in [0.2, 0.25) is 0 Å². The minimum Gasteiger partial charge on any atom is -0.494 e. The van der Waals surface area contributed by atoms with Crippen LogP contribution in [0.25, 0.3) is 11.1 Å². The van der Waals surface area contributed by atoms with Gasteiger partial charge in [-0.3, -0.25) is 0 Å². The summed E-state index contributed by atoms with van der Waals surface area (Å²) in [5.74, 6) is -0.206. The summed E-state index contributed by atoms with van der Waals surface area (Å²) < 4.78 is 26.0. The molecule has 0 amide bonds. The Kier molecular flexibility index (Phi) is 13.8. The number of carboxylic acids is 1. The largest absolute Gasteiger partial charge is 0.494 e. The zero-order valence-electron chi connectivity index (χ0n) is 21.1. The minimum atomic E-state index is -1.03. The molecule has 35 heavy (non-hydrogen) atoms. The molecule has 6 heteroatoms. The van der Waals surface area contributed by atoms with Crippen molar-refractivity contribution in [3.8, 4) is 16.9 Å². The molecule has 0 spiro atoms. The molecule has 3 atom stereocenters. The van der Waals surface area contributed by atoms with E-state index in [0.717, 1.165) is 43.4 Å². The van der Waals surface area contributed by atoms with E-state index in [0.29, 0.717) is 18.6 Å². The summed E-state index contributed by atoms with van der Waals surface area (Å²) in [6.45, 7) is 4.93. The van der Waals surface area contributed by atoms with E-state index >= 15 is 0 Å². The molecular formula is C29H40ClFO4. The monoisotopic (exact) mass is 506 g/mol. The second-order valence-corrected chi connectivity index (χ2v) is 9.55. The number of hydrogen-bond acceptors (Lipinski definition) is 3. The molecule has 2 rings (SSSR count). The average molecular weight is 507 g/mol. The predicted molar refractivity (Wildman–Crippen MR) is 142 cm³/mol. The van der Waals surface area contributed by atoms with Crippen molar-refractivity contribution in [2.45, 2.75) is 89.3 Å². The van der Waals surface area contributed by atoms with Gasteiger partial charge in [0, 0.05) is 0 Å². The maximum absolute atomic E-state index is 14.0. The number of aromatic carboxylic acids is 1. The highest BCUT2D eigenvalue weighted by Crippen LogP contribution is 2.26. The van der Waals surface area contributed by atoms with Gasteiger partial charge in [0.25, 0.3) is 0 Å². The van der Waals surface area contributed by atoms with Crippen LogP contribution in [-0.4, -0.2) is 41.9 Å². The third kappa shape index (κ3) is 10.6. The van der Waals surface area contributed by atoms with E-state index in [9.17, 15) is 14.3 Å². The van der Waals surface area contributed by atoms with Gasteiger partial charge in [-0.1, -0.05) is 76.3 Å². The third-order valence-corrected chi connectivity index (χ3v) is 6.49. The van der Waals surface area contributed by atoms with E-state index in [1.807, 2.05) is 37.3 Å². The van der Waals surface area contributed by atoms with Crippen LogP contribution in [0.15, 0.2) is 48.5 Å². The molecule has 194 valence electrons. The molecule has 2 aromatic rings. The fourth-order valence-electron chi connectivity index (χ4n) is 4.05. The van der Waals surface area contributed by atoms with Gasteiger partial charge in [-0.2, -0.15) is 0 Å². The Hall–Kier alpha value is -2.11. The van der Waals surface area contributed by atoms with Crippen molar-refractivity contribution in [2.75, 3.05) is 13.2 Å². The van der Waals surface area contributed by atoms with Crippen LogP contribution in [0.5, 0.6) is 5.75 Å². The Labute approximate surface area is 214 Å². The molecule has 1 unspecified atom stereocenters. The lowest BCUT2D eigenvalue weighted by atomic mass is 10.00. The lowest BCUT2D eigenvalue weighted by molar-refractivity contribution is 0.0270. The summed E-state index contributed by atoms with van der Waals surface area (Å²) in [5, 5.41) is 8.81. The van der Waals surface area contributed by atoms with Crippen molar-refractivity contribution >= 4 is 17.6 Å². The van der Waals surface area contributed by atoms with Gasteiger partial charge >= 0.3 is 5.97 Å². The lowest BCUT2D eigenvalue weighted by Gasteiger charge is -2.21. The first-order valence-electron chi connectivity index (χ1n) is 12.9. The summed E-state index contributed by atoms with van der Waals surface area (Å²) in [6, 6.07) is 14.4. The van der Waals surface area contributed by atoms with Gasteiger partial charge < -0.3 is 14.6 Å². The van der Waals surface area contributed by atoms with E-state index in [-0.39, 0.29) is 18.3 Å². The van der Waals surface area contributed by atoms with Crippen LogP contribution < -0.4 is 4.74 Å². The number of halogens is 2. The molecular weight excluding hydrogens is 467 g/mol. The van der Waals surface area contributed by atoms with E-state index in [4.69, 9.17) is 21.1 Å². The molecule has 0 saturated heterocycles. The molecule has 2 aromatic carbocycles. The molecule has 4 nitrogen and oxygen atoms in total. The fourth-order valence-corrected chi connectivity index (χ4v) is 4.25. The number of rotatable bonds is 18. The van der Waals surface area contributed by atoms with E-state index in [1.165, 1.54) is 19.3 Å². The van der Waals surface area contributed by atoms with Crippen LogP contribution in [-0.2, 0) is 4.74 Å². The van der Waals surface area contributed by atoms with Crippen molar-refractivity contribution in [1.29, 1.82) is 0 Å². The van der Waals surface area contributed by atoms with Crippen molar-refractivity contribution in [2.24, 2.45) is 0 Å². The van der Waals surface area contributed by atoms with Gasteiger partial charge in [-0.25, -0.2) is 9.18 Å². The van der Waals surface area contributed by atoms with Gasteiger partial charge in [0.2, 0.25) is 0 Å². The summed E-state index contributed by atoms with van der Waals surface area (Å²) in [6.07, 6.45) is 7.54. The van der Waals surface area contributed by atoms with Crippen molar-refractivity contribution in [1.82, 2.24) is 0 Å². The van der Waals surface area contributed by atoms with E-state index in [1.54, 1.807) is 18.2 Å². The molecule has 0 radical (unpaired) electrons. The fraction of sp³-hybridized carbons (Fsp3) is 0.552. The minimum absolute atomic E-state index is 0.0560. The molecule has 0 aromatic heterocycles. The van der Waals surface area contributed by atoms with Crippen molar-refractivity contribution in [3.63, 3.8) is 0 Å². The highest BCUT2D eigenvalue weighted by atomic mass is 35.5. The number of alkyl halides is 2. The Balaban J connectivity index is 1.83. The summed E-state index contributed by atoms with van der Waals surface area (Å²) in [4.78, 5) is 11.5. The molecule has 0 heterocycles. The van der Waals surface area contributed by atoms with Crippen LogP contribution in [0.4, 0.5) is 4.39 Å². The van der Waals surface area contributed by atoms with E-state index < -0.39 is 17.5 Å². The first kappa shape index (κ1) is 29.1. The molecule has 0 fully saturated rings. The van der Waals surface area contributed by atoms with Gasteiger partial charge in [0.15, 0.2) is 0 Å². The Bertz CT molecular complexity index is 858. The number of benzene rings is 2. The Morgan fingerprint density at radius 1 is 0.943 bits per heavy atom. The molecule has 0 saturated carbocycles. The van der Waals surface area contributed by atoms with Crippen LogP contribution in [0, 0.1) is 0 Å². The quantitative estimate of drug-likeness (QED) is 0.163. The Morgan fingerprint density at radius 3 is 2.34 bits per heavy atom. The molecule has 0 bridgehead atoms. The standard InChI is InChI=1S/C29H40ClFO4/c1-3-5-6-7-12-23(35-21-27(30)28(31)11-4-2)13-10-20-34-24-18-16-22(17-19-24)25-14-8-9-15-26(25)29(32)33/h8-9,14-19,23,27-28H,3-7,10-13,20-21H2,1-2H3,(H,32,33)/t23?,27-,28-/m0/s1. The zero-order chi connectivity index (χ0) is 25.5. The van der Waals surface area contributed by atoms with Crippen LogP contribution in [0.3, 0.4) is 0 Å². The van der Waals surface area contributed by atoms with Gasteiger partial charge in [-0.05, 0) is 55.0 Å². The smallest absolute Gasteiger partial charge is 0.336 e. The summed E-state index contributed by atoms with van der Waals surface area (Å²) >= 11 is 6.21. The average Bonchev–Trinajstić information content (AvgIpc) is 2.87. The highest BCUT2D eigenvalue weighted by Gasteiger charge is 2.20. The highest BCUT2D eigenvalue weighted by molar-refractivity contribution is 6.21. The number of unbranched alkanes of at least 4 members (excludes halogenated alkanes) is 3. The Morgan fingerprint density at radius 2 is 1.66 bits per heavy atom. The normalized spacial score (nSPS) is 13.8. The van der Waals surface area contributed by atoms with E-state index in [2.05, 4.69) is 6.92 Å². The van der Waals surface area contributed by atoms with Crippen molar-refractivity contribution in [3.05, 3.63) is 54.1 Å². The van der Waals surface area contributed by atoms with Crippen LogP contribution >= 0.6 is 11.6 Å². The lowest BCUT2D eigenvalue weighted by Crippen LogP contribution is -2.26. The maximum Gasteiger partial charge on any atom is 0.336 e. The van der Waals surface area contributed by atoms with Gasteiger partial charge in [0.1, 0.15) is 11.9 Å². The SMILES string of the molecule is CCCCCCC(CCCOc1ccc(-c2ccccc2C(=O)O)cc1)OC[C@H](Cl)[C@@H](F)CCC. The molecule has 0 aliphatic carbocycles. The molecule has 0 aliphatic rings. The van der Waals surface area contributed by atoms with Gasteiger partial charge in [0.05, 0.1) is 30.3 Å². The summed E-state index contributed by atoms with van der Waals surface area (Å²) in [7, 11) is 0.